The number of anilines is 1. The van der Waals surface area contributed by atoms with Gasteiger partial charge in [0, 0.05) is 12.1 Å². The summed E-state index contributed by atoms with van der Waals surface area (Å²) in [6.45, 7) is 2.52. The zero-order valence-electron chi connectivity index (χ0n) is 12.0. The quantitative estimate of drug-likeness (QED) is 0.915. The topological polar surface area (TPSA) is 51.2 Å². The zero-order chi connectivity index (χ0) is 14.7. The molecule has 1 amide bonds. The SMILES string of the molecule is Cc1ccccc1COc1cccnc1NC(=O)C1CC1. The molecule has 108 valence electrons. The first-order chi connectivity index (χ1) is 10.2. The lowest BCUT2D eigenvalue weighted by atomic mass is 10.1. The van der Waals surface area contributed by atoms with E-state index < -0.39 is 0 Å². The van der Waals surface area contributed by atoms with Gasteiger partial charge in [-0.25, -0.2) is 4.98 Å². The predicted molar refractivity (Wildman–Crippen MR) is 81.1 cm³/mol. The number of ether oxygens (including phenoxy) is 1. The Morgan fingerprint density at radius 3 is 2.86 bits per heavy atom. The number of aryl methyl sites for hydroxylation is 1. The van der Waals surface area contributed by atoms with Crippen LogP contribution in [0, 0.1) is 12.8 Å². The van der Waals surface area contributed by atoms with Gasteiger partial charge in [0.1, 0.15) is 6.61 Å². The van der Waals surface area contributed by atoms with E-state index in [0.717, 1.165) is 18.4 Å². The van der Waals surface area contributed by atoms with Gasteiger partial charge in [-0.1, -0.05) is 24.3 Å². The molecule has 0 aliphatic heterocycles. The van der Waals surface area contributed by atoms with Crippen LogP contribution in [0.4, 0.5) is 5.82 Å². The number of hydrogen-bond acceptors (Lipinski definition) is 3. The van der Waals surface area contributed by atoms with Crippen LogP contribution < -0.4 is 10.1 Å². The molecule has 1 fully saturated rings. The average molecular weight is 282 g/mol. The molecule has 21 heavy (non-hydrogen) atoms. The molecule has 1 N–H and O–H groups in total. The maximum absolute atomic E-state index is 11.8. The standard InChI is InChI=1S/C17H18N2O2/c1-12-5-2-3-6-14(12)11-21-15-7-4-10-18-16(15)19-17(20)13-8-9-13/h2-7,10,13H,8-9,11H2,1H3,(H,18,19,20). The third-order valence-corrected chi connectivity index (χ3v) is 3.60. The van der Waals surface area contributed by atoms with Gasteiger partial charge in [0.15, 0.2) is 11.6 Å². The summed E-state index contributed by atoms with van der Waals surface area (Å²) in [6.07, 6.45) is 3.60. The first kappa shape index (κ1) is 13.6. The molecule has 4 heteroatoms. The molecule has 2 aromatic rings. The summed E-state index contributed by atoms with van der Waals surface area (Å²) in [4.78, 5) is 16.1. The number of benzene rings is 1. The summed E-state index contributed by atoms with van der Waals surface area (Å²) in [5.74, 6) is 1.29. The number of carbonyl (C=O) groups is 1. The summed E-state index contributed by atoms with van der Waals surface area (Å²) in [6, 6.07) is 11.7. The van der Waals surface area contributed by atoms with Gasteiger partial charge in [0.25, 0.3) is 0 Å². The van der Waals surface area contributed by atoms with E-state index in [4.69, 9.17) is 4.74 Å². The number of carbonyl (C=O) groups excluding carboxylic acids is 1. The Morgan fingerprint density at radius 1 is 1.29 bits per heavy atom. The van der Waals surface area contributed by atoms with Crippen LogP contribution in [0.2, 0.25) is 0 Å². The highest BCUT2D eigenvalue weighted by Gasteiger charge is 2.30. The van der Waals surface area contributed by atoms with E-state index >= 15 is 0 Å². The summed E-state index contributed by atoms with van der Waals surface area (Å²) in [7, 11) is 0. The molecule has 4 nitrogen and oxygen atoms in total. The van der Waals surface area contributed by atoms with Crippen molar-refractivity contribution in [1.29, 1.82) is 0 Å². The van der Waals surface area contributed by atoms with Gasteiger partial charge in [-0.15, -0.1) is 0 Å². The molecule has 1 aliphatic carbocycles. The minimum atomic E-state index is 0.0365. The molecular formula is C17H18N2O2. The van der Waals surface area contributed by atoms with Crippen LogP contribution in [0.1, 0.15) is 24.0 Å². The Bertz CT molecular complexity index is 651. The van der Waals surface area contributed by atoms with Gasteiger partial charge in [0.05, 0.1) is 0 Å². The fourth-order valence-corrected chi connectivity index (χ4v) is 2.09. The van der Waals surface area contributed by atoms with Gasteiger partial charge >= 0.3 is 0 Å². The van der Waals surface area contributed by atoms with Crippen molar-refractivity contribution in [3.63, 3.8) is 0 Å². The summed E-state index contributed by atoms with van der Waals surface area (Å²) in [5.41, 5.74) is 2.31. The van der Waals surface area contributed by atoms with Crippen LogP contribution in [0.3, 0.4) is 0 Å². The van der Waals surface area contributed by atoms with Crippen molar-refractivity contribution >= 4 is 11.7 Å². The number of nitrogens with zero attached hydrogens (tertiary/aromatic N) is 1. The Labute approximate surface area is 124 Å². The normalized spacial score (nSPS) is 13.8. The van der Waals surface area contributed by atoms with Gasteiger partial charge < -0.3 is 10.1 Å². The van der Waals surface area contributed by atoms with E-state index in [0.29, 0.717) is 18.2 Å². The van der Waals surface area contributed by atoms with E-state index in [-0.39, 0.29) is 11.8 Å². The molecule has 0 radical (unpaired) electrons. The smallest absolute Gasteiger partial charge is 0.228 e. The highest BCUT2D eigenvalue weighted by Crippen LogP contribution is 2.31. The number of rotatable bonds is 5. The number of aromatic nitrogens is 1. The van der Waals surface area contributed by atoms with Crippen LogP contribution in [0.15, 0.2) is 42.6 Å². The first-order valence-electron chi connectivity index (χ1n) is 7.17. The van der Waals surface area contributed by atoms with Gasteiger partial charge in [-0.3, -0.25) is 4.79 Å². The zero-order valence-corrected chi connectivity index (χ0v) is 12.0. The van der Waals surface area contributed by atoms with Crippen molar-refractivity contribution < 1.29 is 9.53 Å². The predicted octanol–water partition coefficient (Wildman–Crippen LogP) is 3.32. The van der Waals surface area contributed by atoms with E-state index in [2.05, 4.69) is 23.3 Å². The molecule has 1 aliphatic rings. The summed E-state index contributed by atoms with van der Waals surface area (Å²) in [5, 5.41) is 2.85. The van der Waals surface area contributed by atoms with Crippen molar-refractivity contribution in [3.05, 3.63) is 53.7 Å². The van der Waals surface area contributed by atoms with E-state index in [9.17, 15) is 4.79 Å². The summed E-state index contributed by atoms with van der Waals surface area (Å²) >= 11 is 0. The molecule has 1 aromatic heterocycles. The maximum atomic E-state index is 11.8. The Morgan fingerprint density at radius 2 is 2.10 bits per heavy atom. The molecule has 3 rings (SSSR count). The third kappa shape index (κ3) is 3.40. The number of hydrogen-bond donors (Lipinski definition) is 1. The molecular weight excluding hydrogens is 264 g/mol. The van der Waals surface area contributed by atoms with Gasteiger partial charge in [-0.05, 0) is 43.0 Å². The minimum absolute atomic E-state index is 0.0365. The van der Waals surface area contributed by atoms with Crippen LogP contribution in [-0.4, -0.2) is 10.9 Å². The second kappa shape index (κ2) is 5.95. The molecule has 0 saturated heterocycles. The molecule has 0 atom stereocenters. The third-order valence-electron chi connectivity index (χ3n) is 3.60. The highest BCUT2D eigenvalue weighted by molar-refractivity contribution is 5.94. The number of amides is 1. The van der Waals surface area contributed by atoms with Crippen molar-refractivity contribution in [2.75, 3.05) is 5.32 Å². The Kier molecular flexibility index (Phi) is 3.86. The first-order valence-corrected chi connectivity index (χ1v) is 7.17. The highest BCUT2D eigenvalue weighted by atomic mass is 16.5. The van der Waals surface area contributed by atoms with Crippen molar-refractivity contribution in [2.45, 2.75) is 26.4 Å². The average Bonchev–Trinajstić information content (AvgIpc) is 3.32. The molecule has 0 bridgehead atoms. The molecule has 0 spiro atoms. The monoisotopic (exact) mass is 282 g/mol. The molecule has 0 unspecified atom stereocenters. The Hall–Kier alpha value is -2.36. The lowest BCUT2D eigenvalue weighted by Crippen LogP contribution is -2.15. The van der Waals surface area contributed by atoms with Gasteiger partial charge in [-0.2, -0.15) is 0 Å². The number of nitrogens with one attached hydrogen (secondary N) is 1. The minimum Gasteiger partial charge on any atom is -0.485 e. The fraction of sp³-hybridized carbons (Fsp3) is 0.294. The second-order valence-corrected chi connectivity index (χ2v) is 5.33. The van der Waals surface area contributed by atoms with Gasteiger partial charge in [0.2, 0.25) is 5.91 Å². The van der Waals surface area contributed by atoms with Crippen molar-refractivity contribution in [3.8, 4) is 5.75 Å². The fourth-order valence-electron chi connectivity index (χ4n) is 2.09. The molecule has 1 saturated carbocycles. The van der Waals surface area contributed by atoms with Crippen LogP contribution in [0.25, 0.3) is 0 Å². The number of pyridine rings is 1. The van der Waals surface area contributed by atoms with Crippen LogP contribution in [0.5, 0.6) is 5.75 Å². The van der Waals surface area contributed by atoms with Crippen LogP contribution >= 0.6 is 0 Å². The van der Waals surface area contributed by atoms with E-state index in [1.807, 2.05) is 24.3 Å². The lowest BCUT2D eigenvalue weighted by molar-refractivity contribution is -0.117. The maximum Gasteiger partial charge on any atom is 0.228 e. The Balaban J connectivity index is 1.70. The van der Waals surface area contributed by atoms with E-state index in [1.54, 1.807) is 12.3 Å². The largest absolute Gasteiger partial charge is 0.485 e. The molecule has 1 aromatic carbocycles. The van der Waals surface area contributed by atoms with Crippen molar-refractivity contribution in [2.24, 2.45) is 5.92 Å². The van der Waals surface area contributed by atoms with E-state index in [1.165, 1.54) is 5.56 Å². The lowest BCUT2D eigenvalue weighted by Gasteiger charge is -2.12. The van der Waals surface area contributed by atoms with Crippen LogP contribution in [-0.2, 0) is 11.4 Å². The molecule has 1 heterocycles. The van der Waals surface area contributed by atoms with Crippen molar-refractivity contribution in [1.82, 2.24) is 4.98 Å². The summed E-state index contributed by atoms with van der Waals surface area (Å²) < 4.78 is 5.83. The second-order valence-electron chi connectivity index (χ2n) is 5.33.